The first-order valence-electron chi connectivity index (χ1n) is 6.26. The first-order valence-corrected chi connectivity index (χ1v) is 7.44. The summed E-state index contributed by atoms with van der Waals surface area (Å²) < 4.78 is 0.926. The molecule has 0 spiro atoms. The fourth-order valence-electron chi connectivity index (χ4n) is 1.92. The third-order valence-electron chi connectivity index (χ3n) is 3.07. The van der Waals surface area contributed by atoms with Gasteiger partial charge in [0.15, 0.2) is 5.15 Å². The van der Waals surface area contributed by atoms with E-state index in [4.69, 9.17) is 11.6 Å². The lowest BCUT2D eigenvalue weighted by molar-refractivity contribution is 0.706. The van der Waals surface area contributed by atoms with Crippen LogP contribution in [0, 0.1) is 0 Å². The smallest absolute Gasteiger partial charge is 0.152 e. The zero-order valence-electron chi connectivity index (χ0n) is 10.7. The standard InChI is InChI=1S/C15H16BrClN2/c1-11(12-5-3-2-4-6-12)7-8-18-14-9-13(16)10-19-15(14)17/h2-6,9-11,18H,7-8H2,1H3. The van der Waals surface area contributed by atoms with Crippen LogP contribution in [0.2, 0.25) is 5.15 Å². The topological polar surface area (TPSA) is 24.9 Å². The van der Waals surface area contributed by atoms with E-state index in [1.807, 2.05) is 12.1 Å². The van der Waals surface area contributed by atoms with E-state index in [2.05, 4.69) is 57.4 Å². The SMILES string of the molecule is CC(CCNc1cc(Br)cnc1Cl)c1ccccc1. The maximum Gasteiger partial charge on any atom is 0.152 e. The molecule has 2 rings (SSSR count). The van der Waals surface area contributed by atoms with Gasteiger partial charge in [0.25, 0.3) is 0 Å². The average molecular weight is 340 g/mol. The van der Waals surface area contributed by atoms with E-state index in [-0.39, 0.29) is 0 Å². The summed E-state index contributed by atoms with van der Waals surface area (Å²) in [5.74, 6) is 0.521. The van der Waals surface area contributed by atoms with Crippen molar-refractivity contribution in [2.75, 3.05) is 11.9 Å². The molecule has 1 unspecified atom stereocenters. The summed E-state index contributed by atoms with van der Waals surface area (Å²) in [5.41, 5.74) is 2.24. The normalized spacial score (nSPS) is 12.2. The molecule has 0 aliphatic carbocycles. The zero-order chi connectivity index (χ0) is 13.7. The minimum Gasteiger partial charge on any atom is -0.383 e. The molecule has 1 atom stereocenters. The van der Waals surface area contributed by atoms with E-state index in [0.717, 1.165) is 23.1 Å². The highest BCUT2D eigenvalue weighted by atomic mass is 79.9. The molecule has 2 aromatic rings. The van der Waals surface area contributed by atoms with E-state index in [9.17, 15) is 0 Å². The van der Waals surface area contributed by atoms with Crippen LogP contribution in [0.3, 0.4) is 0 Å². The fraction of sp³-hybridized carbons (Fsp3) is 0.267. The van der Waals surface area contributed by atoms with Crippen LogP contribution in [-0.2, 0) is 0 Å². The van der Waals surface area contributed by atoms with Crippen molar-refractivity contribution in [2.45, 2.75) is 19.3 Å². The van der Waals surface area contributed by atoms with E-state index in [1.165, 1.54) is 5.56 Å². The number of anilines is 1. The number of pyridine rings is 1. The third-order valence-corrected chi connectivity index (χ3v) is 3.80. The molecule has 100 valence electrons. The molecule has 1 heterocycles. The number of benzene rings is 1. The Morgan fingerprint density at radius 1 is 1.32 bits per heavy atom. The Hall–Kier alpha value is -1.06. The van der Waals surface area contributed by atoms with Gasteiger partial charge in [0.05, 0.1) is 5.69 Å². The number of aromatic nitrogens is 1. The molecule has 19 heavy (non-hydrogen) atoms. The third kappa shape index (κ3) is 4.22. The quantitative estimate of drug-likeness (QED) is 0.766. The first kappa shape index (κ1) is 14.4. The lowest BCUT2D eigenvalue weighted by Gasteiger charge is -2.13. The molecule has 0 saturated carbocycles. The predicted molar refractivity (Wildman–Crippen MR) is 84.9 cm³/mol. The molecule has 2 nitrogen and oxygen atoms in total. The van der Waals surface area contributed by atoms with Crippen molar-refractivity contribution < 1.29 is 0 Å². The average Bonchev–Trinajstić information content (AvgIpc) is 2.43. The van der Waals surface area contributed by atoms with Crippen molar-refractivity contribution >= 4 is 33.2 Å². The van der Waals surface area contributed by atoms with Crippen LogP contribution in [0.5, 0.6) is 0 Å². The van der Waals surface area contributed by atoms with Crippen LogP contribution >= 0.6 is 27.5 Å². The molecule has 1 N–H and O–H groups in total. The van der Waals surface area contributed by atoms with Crippen LogP contribution < -0.4 is 5.32 Å². The Morgan fingerprint density at radius 2 is 2.05 bits per heavy atom. The molecular weight excluding hydrogens is 324 g/mol. The van der Waals surface area contributed by atoms with E-state index in [0.29, 0.717) is 11.1 Å². The lowest BCUT2D eigenvalue weighted by Crippen LogP contribution is -2.06. The van der Waals surface area contributed by atoms with Crippen molar-refractivity contribution in [3.8, 4) is 0 Å². The Bertz CT molecular complexity index is 531. The highest BCUT2D eigenvalue weighted by Gasteiger charge is 2.06. The molecule has 0 radical (unpaired) electrons. The lowest BCUT2D eigenvalue weighted by atomic mass is 9.98. The molecule has 0 aliphatic heterocycles. The number of nitrogens with one attached hydrogen (secondary N) is 1. The van der Waals surface area contributed by atoms with E-state index in [1.54, 1.807) is 6.20 Å². The molecule has 0 fully saturated rings. The number of nitrogens with zero attached hydrogens (tertiary/aromatic N) is 1. The van der Waals surface area contributed by atoms with Gasteiger partial charge in [-0.15, -0.1) is 0 Å². The Morgan fingerprint density at radius 3 is 2.79 bits per heavy atom. The van der Waals surface area contributed by atoms with Crippen molar-refractivity contribution in [1.29, 1.82) is 0 Å². The maximum atomic E-state index is 6.03. The Balaban J connectivity index is 1.88. The first-order chi connectivity index (χ1) is 9.16. The van der Waals surface area contributed by atoms with Crippen molar-refractivity contribution in [3.63, 3.8) is 0 Å². The van der Waals surface area contributed by atoms with Gasteiger partial charge in [-0.25, -0.2) is 4.98 Å². The van der Waals surface area contributed by atoms with E-state index >= 15 is 0 Å². The fourth-order valence-corrected chi connectivity index (χ4v) is 2.42. The second-order valence-corrected chi connectivity index (χ2v) is 5.79. The van der Waals surface area contributed by atoms with Crippen LogP contribution in [0.25, 0.3) is 0 Å². The van der Waals surface area contributed by atoms with Crippen molar-refractivity contribution in [1.82, 2.24) is 4.98 Å². The van der Waals surface area contributed by atoms with Crippen molar-refractivity contribution in [3.05, 3.63) is 57.8 Å². The number of rotatable bonds is 5. The van der Waals surface area contributed by atoms with E-state index < -0.39 is 0 Å². The number of halogens is 2. The Labute approximate surface area is 127 Å². The summed E-state index contributed by atoms with van der Waals surface area (Å²) in [7, 11) is 0. The molecular formula is C15H16BrClN2. The molecule has 0 bridgehead atoms. The van der Waals surface area contributed by atoms with Gasteiger partial charge in [0.1, 0.15) is 0 Å². The molecule has 0 amide bonds. The number of hydrogen-bond donors (Lipinski definition) is 1. The number of hydrogen-bond acceptors (Lipinski definition) is 2. The van der Waals surface area contributed by atoms with Gasteiger partial charge in [-0.2, -0.15) is 0 Å². The van der Waals surface area contributed by atoms with Gasteiger partial charge < -0.3 is 5.32 Å². The van der Waals surface area contributed by atoms with Gasteiger partial charge in [0, 0.05) is 17.2 Å². The summed E-state index contributed by atoms with van der Waals surface area (Å²) in [6.45, 7) is 3.10. The highest BCUT2D eigenvalue weighted by molar-refractivity contribution is 9.10. The molecule has 1 aromatic carbocycles. The van der Waals surface area contributed by atoms with Gasteiger partial charge in [-0.1, -0.05) is 48.9 Å². The van der Waals surface area contributed by atoms with Gasteiger partial charge >= 0.3 is 0 Å². The van der Waals surface area contributed by atoms with Gasteiger partial charge in [0.2, 0.25) is 0 Å². The zero-order valence-corrected chi connectivity index (χ0v) is 13.1. The minimum absolute atomic E-state index is 0.510. The predicted octanol–water partition coefficient (Wildman–Crippen LogP) is 5.10. The minimum atomic E-state index is 0.510. The molecule has 0 aliphatic rings. The summed E-state index contributed by atoms with van der Waals surface area (Å²) in [6.07, 6.45) is 2.74. The van der Waals surface area contributed by atoms with Gasteiger partial charge in [-0.05, 0) is 39.9 Å². The Kier molecular flexibility index (Phi) is 5.23. The van der Waals surface area contributed by atoms with Crippen LogP contribution in [0.15, 0.2) is 47.1 Å². The van der Waals surface area contributed by atoms with Crippen LogP contribution in [-0.4, -0.2) is 11.5 Å². The summed E-state index contributed by atoms with van der Waals surface area (Å²) >= 11 is 9.43. The summed E-state index contributed by atoms with van der Waals surface area (Å²) in [4.78, 5) is 4.09. The van der Waals surface area contributed by atoms with Crippen molar-refractivity contribution in [2.24, 2.45) is 0 Å². The maximum absolute atomic E-state index is 6.03. The molecule has 4 heteroatoms. The molecule has 0 saturated heterocycles. The summed E-state index contributed by atoms with van der Waals surface area (Å²) in [6, 6.07) is 12.5. The monoisotopic (exact) mass is 338 g/mol. The second-order valence-electron chi connectivity index (χ2n) is 4.52. The summed E-state index contributed by atoms with van der Waals surface area (Å²) in [5, 5.41) is 3.84. The highest BCUT2D eigenvalue weighted by Crippen LogP contribution is 2.24. The second kappa shape index (κ2) is 6.92. The largest absolute Gasteiger partial charge is 0.383 e. The van der Waals surface area contributed by atoms with Crippen LogP contribution in [0.4, 0.5) is 5.69 Å². The van der Waals surface area contributed by atoms with Crippen LogP contribution in [0.1, 0.15) is 24.8 Å². The van der Waals surface area contributed by atoms with Gasteiger partial charge in [-0.3, -0.25) is 0 Å². The molecule has 1 aromatic heterocycles.